The molecular formula is C23H25ClN2O2. The number of ketones is 1. The van der Waals surface area contributed by atoms with E-state index in [4.69, 9.17) is 11.6 Å². The van der Waals surface area contributed by atoms with E-state index in [0.29, 0.717) is 24.5 Å². The molecule has 1 aromatic carbocycles. The van der Waals surface area contributed by atoms with Crippen molar-refractivity contribution in [2.75, 3.05) is 13.1 Å². The van der Waals surface area contributed by atoms with Gasteiger partial charge in [-0.15, -0.1) is 0 Å². The Hall–Kier alpha value is -2.12. The summed E-state index contributed by atoms with van der Waals surface area (Å²) >= 11 is 6.04. The lowest BCUT2D eigenvalue weighted by atomic mass is 9.63. The van der Waals surface area contributed by atoms with Gasteiger partial charge in [0.25, 0.3) is 0 Å². The first-order valence-electron chi connectivity index (χ1n) is 9.95. The van der Waals surface area contributed by atoms with Crippen molar-refractivity contribution < 1.29 is 9.59 Å². The van der Waals surface area contributed by atoms with Crippen LogP contribution in [0, 0.1) is 22.2 Å². The van der Waals surface area contributed by atoms with Crippen molar-refractivity contribution in [1.29, 1.82) is 5.26 Å². The van der Waals surface area contributed by atoms with Crippen molar-refractivity contribution in [2.24, 2.45) is 10.8 Å². The lowest BCUT2D eigenvalue weighted by molar-refractivity contribution is -0.140. The predicted octanol–water partition coefficient (Wildman–Crippen LogP) is 4.43. The Morgan fingerprint density at radius 3 is 2.43 bits per heavy atom. The van der Waals surface area contributed by atoms with Crippen LogP contribution in [0.5, 0.6) is 0 Å². The topological polar surface area (TPSA) is 61.2 Å². The Labute approximate surface area is 171 Å². The minimum atomic E-state index is -0.566. The lowest BCUT2D eigenvalue weighted by Crippen LogP contribution is -2.51. The molecule has 146 valence electrons. The Morgan fingerprint density at radius 1 is 1.18 bits per heavy atom. The fourth-order valence-electron chi connectivity index (χ4n) is 5.39. The number of rotatable bonds is 2. The third-order valence-corrected chi connectivity index (χ3v) is 7.16. The van der Waals surface area contributed by atoms with Gasteiger partial charge in [-0.3, -0.25) is 9.59 Å². The Balaban J connectivity index is 1.61. The fraction of sp³-hybridized carbons (Fsp3) is 0.522. The summed E-state index contributed by atoms with van der Waals surface area (Å²) in [6, 6.07) is 9.74. The van der Waals surface area contributed by atoms with Crippen LogP contribution in [0.25, 0.3) is 0 Å². The summed E-state index contributed by atoms with van der Waals surface area (Å²) in [5, 5.41) is 10.1. The normalized spacial score (nSPS) is 27.9. The van der Waals surface area contributed by atoms with Crippen LogP contribution in [0.2, 0.25) is 5.02 Å². The number of benzene rings is 1. The van der Waals surface area contributed by atoms with Gasteiger partial charge in [-0.25, -0.2) is 0 Å². The van der Waals surface area contributed by atoms with E-state index in [2.05, 4.69) is 6.07 Å². The van der Waals surface area contributed by atoms with Gasteiger partial charge in [0.2, 0.25) is 5.91 Å². The SMILES string of the molecule is CC1(C)C[C@]2(C=C(C#N)C1=O)CCN(C(=O)C1(c3ccc(Cl)cc3)CCC1)C2. The van der Waals surface area contributed by atoms with Gasteiger partial charge in [0.15, 0.2) is 5.78 Å². The lowest BCUT2D eigenvalue weighted by Gasteiger charge is -2.44. The van der Waals surface area contributed by atoms with Crippen LogP contribution in [-0.2, 0) is 15.0 Å². The molecule has 2 fully saturated rings. The number of likely N-dealkylation sites (tertiary alicyclic amines) is 1. The summed E-state index contributed by atoms with van der Waals surface area (Å²) in [7, 11) is 0. The van der Waals surface area contributed by atoms with Crippen molar-refractivity contribution in [3.8, 4) is 6.07 Å². The van der Waals surface area contributed by atoms with Crippen LogP contribution in [0.1, 0.15) is 51.5 Å². The summed E-state index contributed by atoms with van der Waals surface area (Å²) in [6.07, 6.45) is 6.11. The molecule has 1 aliphatic heterocycles. The molecule has 28 heavy (non-hydrogen) atoms. The van der Waals surface area contributed by atoms with Gasteiger partial charge < -0.3 is 4.90 Å². The molecular weight excluding hydrogens is 372 g/mol. The molecule has 1 saturated carbocycles. The zero-order chi connectivity index (χ0) is 20.2. The molecule has 1 heterocycles. The predicted molar refractivity (Wildman–Crippen MR) is 108 cm³/mol. The van der Waals surface area contributed by atoms with E-state index < -0.39 is 10.8 Å². The van der Waals surface area contributed by atoms with Crippen LogP contribution < -0.4 is 0 Å². The summed E-state index contributed by atoms with van der Waals surface area (Å²) in [4.78, 5) is 28.0. The van der Waals surface area contributed by atoms with Crippen LogP contribution >= 0.6 is 11.6 Å². The van der Waals surface area contributed by atoms with Crippen molar-refractivity contribution in [2.45, 2.75) is 51.4 Å². The van der Waals surface area contributed by atoms with Crippen LogP contribution in [0.4, 0.5) is 0 Å². The molecule has 0 N–H and O–H groups in total. The molecule has 1 amide bonds. The van der Waals surface area contributed by atoms with E-state index in [9.17, 15) is 14.9 Å². The maximum absolute atomic E-state index is 13.6. The van der Waals surface area contributed by atoms with Crippen molar-refractivity contribution >= 4 is 23.3 Å². The van der Waals surface area contributed by atoms with E-state index in [1.165, 1.54) is 0 Å². The summed E-state index contributed by atoms with van der Waals surface area (Å²) < 4.78 is 0. The van der Waals surface area contributed by atoms with Crippen molar-refractivity contribution in [3.05, 3.63) is 46.5 Å². The highest BCUT2D eigenvalue weighted by Gasteiger charge is 2.53. The number of carbonyl (C=O) groups excluding carboxylic acids is 2. The zero-order valence-corrected chi connectivity index (χ0v) is 17.2. The second-order valence-corrected chi connectivity index (χ2v) is 9.78. The second kappa shape index (κ2) is 6.46. The highest BCUT2D eigenvalue weighted by molar-refractivity contribution is 6.30. The van der Waals surface area contributed by atoms with Crippen LogP contribution in [-0.4, -0.2) is 29.7 Å². The third kappa shape index (κ3) is 2.88. The highest BCUT2D eigenvalue weighted by atomic mass is 35.5. The summed E-state index contributed by atoms with van der Waals surface area (Å²) in [5.41, 5.74) is 0.00702. The van der Waals surface area contributed by atoms with Gasteiger partial charge in [0, 0.05) is 28.9 Å². The van der Waals surface area contributed by atoms with Crippen LogP contribution in [0.3, 0.4) is 0 Å². The fourth-order valence-corrected chi connectivity index (χ4v) is 5.52. The Morgan fingerprint density at radius 2 is 1.86 bits per heavy atom. The number of nitriles is 1. The highest BCUT2D eigenvalue weighted by Crippen LogP contribution is 2.51. The molecule has 0 aromatic heterocycles. The smallest absolute Gasteiger partial charge is 0.233 e. The molecule has 2 aliphatic carbocycles. The largest absolute Gasteiger partial charge is 0.341 e. The molecule has 1 atom stereocenters. The summed E-state index contributed by atoms with van der Waals surface area (Å²) in [6.45, 7) is 5.08. The number of allylic oxidation sites excluding steroid dienone is 1. The molecule has 1 saturated heterocycles. The Bertz CT molecular complexity index is 906. The number of amides is 1. The molecule has 0 radical (unpaired) electrons. The minimum absolute atomic E-state index is 0.0815. The zero-order valence-electron chi connectivity index (χ0n) is 16.4. The van der Waals surface area contributed by atoms with Crippen LogP contribution in [0.15, 0.2) is 35.9 Å². The number of halogens is 1. The van der Waals surface area contributed by atoms with Gasteiger partial charge in [0.1, 0.15) is 6.07 Å². The van der Waals surface area contributed by atoms with Gasteiger partial charge in [0.05, 0.1) is 11.0 Å². The summed E-state index contributed by atoms with van der Waals surface area (Å²) in [5.74, 6) is 0.0987. The average Bonchev–Trinajstić information content (AvgIpc) is 3.01. The monoisotopic (exact) mass is 396 g/mol. The van der Waals surface area contributed by atoms with Crippen molar-refractivity contribution in [1.82, 2.24) is 4.90 Å². The number of nitrogens with zero attached hydrogens (tertiary/aromatic N) is 2. The first kappa shape index (κ1) is 19.2. The Kier molecular flexibility index (Phi) is 4.43. The van der Waals surface area contributed by atoms with E-state index in [1.807, 2.05) is 49.1 Å². The molecule has 0 unspecified atom stereocenters. The molecule has 5 heteroatoms. The molecule has 1 aromatic rings. The van der Waals surface area contributed by atoms with Crippen molar-refractivity contribution in [3.63, 3.8) is 0 Å². The van der Waals surface area contributed by atoms with Gasteiger partial charge in [-0.1, -0.05) is 50.1 Å². The molecule has 3 aliphatic rings. The van der Waals surface area contributed by atoms with Gasteiger partial charge >= 0.3 is 0 Å². The molecule has 4 nitrogen and oxygen atoms in total. The number of hydrogen-bond acceptors (Lipinski definition) is 3. The number of hydrogen-bond donors (Lipinski definition) is 0. The molecule has 4 rings (SSSR count). The van der Waals surface area contributed by atoms with E-state index in [-0.39, 0.29) is 22.7 Å². The standard InChI is InChI=1S/C23H25ClN2O2/c1-21(2)14-22(12-16(13-25)19(21)27)10-11-26(15-22)20(28)23(8-3-9-23)17-4-6-18(24)7-5-17/h4-7,12H,3,8-11,14-15H2,1-2H3/t22-/m1/s1. The maximum Gasteiger partial charge on any atom is 0.233 e. The van der Waals surface area contributed by atoms with Gasteiger partial charge in [-0.2, -0.15) is 5.26 Å². The van der Waals surface area contributed by atoms with E-state index in [0.717, 1.165) is 31.2 Å². The molecule has 1 spiro atoms. The maximum atomic E-state index is 13.6. The number of Topliss-reactive ketones (excluding diaryl/α,β-unsaturated/α-hetero) is 1. The minimum Gasteiger partial charge on any atom is -0.341 e. The third-order valence-electron chi connectivity index (χ3n) is 6.91. The number of carbonyl (C=O) groups is 2. The average molecular weight is 397 g/mol. The van der Waals surface area contributed by atoms with E-state index >= 15 is 0 Å². The molecule has 0 bridgehead atoms. The first-order valence-corrected chi connectivity index (χ1v) is 10.3. The van der Waals surface area contributed by atoms with Gasteiger partial charge in [-0.05, 0) is 43.4 Å². The van der Waals surface area contributed by atoms with E-state index in [1.54, 1.807) is 0 Å². The quantitative estimate of drug-likeness (QED) is 0.742. The first-order chi connectivity index (χ1) is 13.2. The second-order valence-electron chi connectivity index (χ2n) is 9.34.